The summed E-state index contributed by atoms with van der Waals surface area (Å²) in [6.45, 7) is 42.2. The molecule has 572 valence electrons. The van der Waals surface area contributed by atoms with Crippen LogP contribution < -0.4 is 4.74 Å². The molecule has 0 radical (unpaired) electrons. The highest BCUT2D eigenvalue weighted by molar-refractivity contribution is 6.31. The third kappa shape index (κ3) is 19.0. The summed E-state index contributed by atoms with van der Waals surface area (Å²) < 4.78 is 5.21. The summed E-state index contributed by atoms with van der Waals surface area (Å²) in [7, 11) is 1.61. The maximum atomic E-state index is 10.9. The lowest BCUT2D eigenvalue weighted by Crippen LogP contribution is -2.25. The third-order valence-electron chi connectivity index (χ3n) is 18.1. The van der Waals surface area contributed by atoms with Gasteiger partial charge in [0.1, 0.15) is 118 Å². The zero-order valence-corrected chi connectivity index (χ0v) is 66.2. The Balaban J connectivity index is 0.000000139. The summed E-state index contributed by atoms with van der Waals surface area (Å²) in [5, 5.41) is 97.8. The van der Waals surface area contributed by atoms with Crippen molar-refractivity contribution in [2.75, 3.05) is 7.11 Å². The molecule has 0 bridgehead atoms. The van der Waals surface area contributed by atoms with E-state index in [9.17, 15) is 25.5 Å². The van der Waals surface area contributed by atoms with Gasteiger partial charge in [0.2, 0.25) is 0 Å². The van der Waals surface area contributed by atoms with E-state index in [-0.39, 0.29) is 39.6 Å². The molecule has 5 heterocycles. The molecular formula is C90H94ClN15O6. The van der Waals surface area contributed by atoms with Crippen LogP contribution in [0.25, 0.3) is 83.6 Å². The van der Waals surface area contributed by atoms with Gasteiger partial charge in [-0.25, -0.2) is 0 Å². The number of phenolic OH excluding ortho intramolecular Hbond substituents is 5. The number of methoxy groups -OCH3 is 1. The molecule has 22 heteroatoms. The minimum Gasteiger partial charge on any atom is -0.505 e. The van der Waals surface area contributed by atoms with E-state index in [1.807, 2.05) is 193 Å². The number of phenols is 5. The molecule has 15 aromatic rings. The standard InChI is InChI=1S/C23H29N3O.C18H19N3O2.C17H17N3O.C16H14ClN3O.C16H15N3O/c1-7-10-16-13-17(23(5,6)15-22(2,3)4)14-20(21(16)27)26-24-18-11-8-9-12-19(18)25-26;1-11(2)7-13-8-12(3)9-17(18(13)22)21-19-15-6-5-14(23-4)10-16(15)20-21;1-11(2)8-13-9-12(3)10-16(17(13)21)20-18-14-6-4-5-7-15(14)19-20;1-3-4-11-7-10(2)8-15(16(11)21)20-18-13-6-5-12(17)9-14(13)19-20;1-3-6-12-9-11(2)10-15(16(12)20)19-17-13-7-4-5-8-14(13)18-19/h7-9,11-14,27H,1,10,15H2,2-6H3;5-6,8-10,22H,1,7H2,2-4H3;4-7,9-10,21H,1,8H2,2-3H3;3,5-9,21H,1,4H2,2H3;3-5,7-10,20H,1,6H2,2H3. The normalized spacial score (nSPS) is 11.3. The number of benzene rings is 10. The summed E-state index contributed by atoms with van der Waals surface area (Å²) in [6, 6.07) is 53.2. The fraction of sp³-hybridized carbons (Fsp3) is 0.222. The van der Waals surface area contributed by atoms with Crippen molar-refractivity contribution in [3.8, 4) is 62.9 Å². The first kappa shape index (κ1) is 80.0. The predicted molar refractivity (Wildman–Crippen MR) is 449 cm³/mol. The van der Waals surface area contributed by atoms with Gasteiger partial charge in [-0.05, 0) is 216 Å². The van der Waals surface area contributed by atoms with Crippen molar-refractivity contribution < 1.29 is 30.3 Å². The lowest BCUT2D eigenvalue weighted by atomic mass is 9.72. The molecule has 0 atom stereocenters. The topological polar surface area (TPSA) is 264 Å². The Hall–Kier alpha value is -13.0. The Kier molecular flexibility index (Phi) is 24.5. The smallest absolute Gasteiger partial charge is 0.146 e. The van der Waals surface area contributed by atoms with Crippen LogP contribution in [0.4, 0.5) is 0 Å². The first-order chi connectivity index (χ1) is 53.4. The van der Waals surface area contributed by atoms with Gasteiger partial charge in [0.05, 0.1) is 7.11 Å². The Bertz CT molecular complexity index is 5930. The van der Waals surface area contributed by atoms with Crippen LogP contribution in [0.1, 0.15) is 111 Å². The highest BCUT2D eigenvalue weighted by Crippen LogP contribution is 2.41. The molecule has 0 aliphatic carbocycles. The number of fused-ring (bicyclic) bond motifs is 5. The Morgan fingerprint density at radius 3 is 0.964 bits per heavy atom. The van der Waals surface area contributed by atoms with Crippen LogP contribution in [0.3, 0.4) is 0 Å². The van der Waals surface area contributed by atoms with Gasteiger partial charge >= 0.3 is 0 Å². The predicted octanol–water partition coefficient (Wildman–Crippen LogP) is 19.7. The molecule has 112 heavy (non-hydrogen) atoms. The van der Waals surface area contributed by atoms with E-state index in [1.165, 1.54) is 24.7 Å². The molecule has 0 saturated carbocycles. The van der Waals surface area contributed by atoms with E-state index in [0.717, 1.165) is 118 Å². The van der Waals surface area contributed by atoms with Gasteiger partial charge in [0, 0.05) is 38.9 Å². The average Bonchev–Trinajstić information content (AvgIpc) is 1.15. The number of aromatic hydroxyl groups is 5. The first-order valence-corrected chi connectivity index (χ1v) is 37.0. The zero-order chi connectivity index (χ0) is 80.5. The molecule has 0 fully saturated rings. The molecule has 15 rings (SSSR count). The van der Waals surface area contributed by atoms with Crippen LogP contribution >= 0.6 is 11.6 Å². The van der Waals surface area contributed by atoms with E-state index in [1.54, 1.807) is 42.3 Å². The molecule has 0 amide bonds. The van der Waals surface area contributed by atoms with Gasteiger partial charge in [-0.2, -0.15) is 0 Å². The lowest BCUT2D eigenvalue weighted by Gasteiger charge is -2.33. The number of halogens is 1. The second kappa shape index (κ2) is 34.3. The van der Waals surface area contributed by atoms with Gasteiger partial charge in [-0.1, -0.05) is 155 Å². The summed E-state index contributed by atoms with van der Waals surface area (Å²) in [4.78, 5) is 7.43. The highest BCUT2D eigenvalue weighted by atomic mass is 35.5. The molecule has 5 N–H and O–H groups in total. The van der Waals surface area contributed by atoms with Crippen molar-refractivity contribution in [3.05, 3.63) is 293 Å². The van der Waals surface area contributed by atoms with Gasteiger partial charge < -0.3 is 30.3 Å². The molecule has 10 aromatic carbocycles. The Morgan fingerprint density at radius 1 is 0.375 bits per heavy atom. The van der Waals surface area contributed by atoms with Crippen LogP contribution in [-0.4, -0.2) is 108 Å². The molecule has 0 saturated heterocycles. The van der Waals surface area contributed by atoms with Crippen LogP contribution in [0.5, 0.6) is 34.5 Å². The second-order valence-electron chi connectivity index (χ2n) is 29.9. The summed E-state index contributed by atoms with van der Waals surface area (Å²) in [5.41, 5.74) is 22.3. The molecular weight excluding hydrogens is 1420 g/mol. The third-order valence-corrected chi connectivity index (χ3v) is 18.4. The quantitative estimate of drug-likeness (QED) is 0.0500. The summed E-state index contributed by atoms with van der Waals surface area (Å²) in [6.07, 6.45) is 9.42. The first-order valence-electron chi connectivity index (χ1n) is 36.6. The molecule has 0 aliphatic heterocycles. The monoisotopic (exact) mass is 1520 g/mol. The fourth-order valence-corrected chi connectivity index (χ4v) is 13.6. The molecule has 0 aliphatic rings. The SMILES string of the molecule is C=C(C)Cc1cc(C)cc(-n2nc3ccc(OC)cc3n2)c1O.C=C(C)Cc1cc(C)cc(-n2nc3ccccc3n2)c1O.C=CCc1cc(C(C)(C)CC(C)(C)C)cc(-n2nc3ccccc3n2)c1O.C=CCc1cc(C)cc(-n2nc3ccc(Cl)cc3n2)c1O.C=CCc1cc(C)cc(-n2nc3ccccc3n2)c1O. The maximum absolute atomic E-state index is 10.9. The molecule has 5 aromatic heterocycles. The van der Waals surface area contributed by atoms with E-state index in [2.05, 4.69) is 125 Å². The number of ether oxygens (including phenoxy) is 1. The van der Waals surface area contributed by atoms with Crippen LogP contribution in [0, 0.1) is 33.1 Å². The second-order valence-corrected chi connectivity index (χ2v) is 30.4. The Morgan fingerprint density at radius 2 is 0.652 bits per heavy atom. The number of hydrogen-bond donors (Lipinski definition) is 5. The summed E-state index contributed by atoms with van der Waals surface area (Å²) in [5.74, 6) is 1.71. The van der Waals surface area contributed by atoms with E-state index in [4.69, 9.17) is 16.3 Å². The van der Waals surface area contributed by atoms with Gasteiger partial charge in [-0.3, -0.25) is 0 Å². The number of hydrogen-bond acceptors (Lipinski definition) is 16. The number of allylic oxidation sites excluding steroid dienone is 5. The van der Waals surface area contributed by atoms with Crippen molar-refractivity contribution in [2.45, 2.75) is 120 Å². The minimum absolute atomic E-state index is 0.0524. The summed E-state index contributed by atoms with van der Waals surface area (Å²) >= 11 is 5.96. The van der Waals surface area contributed by atoms with E-state index in [0.29, 0.717) is 76.6 Å². The van der Waals surface area contributed by atoms with Crippen molar-refractivity contribution in [1.82, 2.24) is 75.0 Å². The van der Waals surface area contributed by atoms with Crippen molar-refractivity contribution in [2.24, 2.45) is 5.41 Å². The number of rotatable bonds is 18. The number of nitrogens with zero attached hydrogens (tertiary/aromatic N) is 15. The molecule has 0 spiro atoms. The minimum atomic E-state index is -0.0524. The zero-order valence-electron chi connectivity index (χ0n) is 65.4. The van der Waals surface area contributed by atoms with Crippen LogP contribution in [0.2, 0.25) is 5.02 Å². The van der Waals surface area contributed by atoms with Gasteiger partial charge in [0.25, 0.3) is 0 Å². The lowest BCUT2D eigenvalue weighted by molar-refractivity contribution is 0.284. The fourth-order valence-electron chi connectivity index (χ4n) is 13.5. The number of aryl methyl sites for hydroxylation is 4. The van der Waals surface area contributed by atoms with Crippen LogP contribution in [-0.2, 0) is 37.5 Å². The largest absolute Gasteiger partial charge is 0.505 e. The van der Waals surface area contributed by atoms with Crippen molar-refractivity contribution in [1.29, 1.82) is 0 Å². The molecule has 0 unspecified atom stereocenters. The highest BCUT2D eigenvalue weighted by Gasteiger charge is 2.30. The number of aromatic nitrogens is 15. The van der Waals surface area contributed by atoms with Crippen LogP contribution in [0.15, 0.2) is 232 Å². The maximum Gasteiger partial charge on any atom is 0.146 e. The van der Waals surface area contributed by atoms with E-state index >= 15 is 0 Å². The van der Waals surface area contributed by atoms with Gasteiger partial charge in [0.15, 0.2) is 0 Å². The average molecular weight is 1520 g/mol. The Labute approximate surface area is 656 Å². The van der Waals surface area contributed by atoms with Gasteiger partial charge in [-0.15, -0.1) is 94.7 Å². The molecule has 21 nitrogen and oxygen atoms in total. The van der Waals surface area contributed by atoms with E-state index < -0.39 is 0 Å². The van der Waals surface area contributed by atoms with Crippen molar-refractivity contribution in [3.63, 3.8) is 0 Å². The van der Waals surface area contributed by atoms with Crippen molar-refractivity contribution >= 4 is 66.8 Å².